The Balaban J connectivity index is 0.000000108. The van der Waals surface area contributed by atoms with Crippen LogP contribution in [0.25, 0.3) is 214 Å². The van der Waals surface area contributed by atoms with Crippen molar-refractivity contribution in [3.8, 4) is 44.5 Å². The molecule has 0 aliphatic carbocycles. The van der Waals surface area contributed by atoms with E-state index in [-0.39, 0.29) is 0 Å². The van der Waals surface area contributed by atoms with E-state index in [1.54, 1.807) is 0 Å². The van der Waals surface area contributed by atoms with E-state index >= 15 is 9.13 Å². The molecule has 0 aliphatic heterocycles. The minimum absolute atomic E-state index is 0.829. The first-order valence-corrected chi connectivity index (χ1v) is 55.4. The first-order valence-electron chi connectivity index (χ1n) is 50.2. The van der Waals surface area contributed by atoms with Crippen LogP contribution in [-0.2, 0) is 13.7 Å². The van der Waals surface area contributed by atoms with Crippen molar-refractivity contribution in [2.75, 3.05) is 0 Å². The lowest BCUT2D eigenvalue weighted by atomic mass is 9.97. The number of hydrogen-bond donors (Lipinski definition) is 0. The molecule has 0 atom stereocenters. The normalized spacial score (nSPS) is 12.1. The minimum atomic E-state index is -3.07. The summed E-state index contributed by atoms with van der Waals surface area (Å²) in [6, 6.07) is 184. The van der Waals surface area contributed by atoms with Gasteiger partial charge >= 0.3 is 0 Å². The second kappa shape index (κ2) is 35.8. The first-order chi connectivity index (χ1) is 73.4. The molecule has 30 rings (SSSR count). The summed E-state index contributed by atoms with van der Waals surface area (Å²) in [6.45, 7) is 0. The van der Waals surface area contributed by atoms with E-state index in [9.17, 15) is 4.57 Å². The fourth-order valence-corrected chi connectivity index (χ4v) is 30.6. The number of imidazole rings is 3. The van der Waals surface area contributed by atoms with Crippen molar-refractivity contribution < 1.29 is 13.7 Å². The fraction of sp³-hybridized carbons (Fsp3) is 0. The van der Waals surface area contributed by atoms with E-state index in [0.29, 0.717) is 0 Å². The minimum Gasteiger partial charge on any atom is -0.309 e. The van der Waals surface area contributed by atoms with Gasteiger partial charge in [0.1, 0.15) is 16.9 Å². The predicted molar refractivity (Wildman–Crippen MR) is 628 cm³/mol. The Morgan fingerprint density at radius 3 is 0.758 bits per heavy atom. The maximum Gasteiger partial charge on any atom is 0.171 e. The molecule has 0 N–H and O–H groups in total. The van der Waals surface area contributed by atoms with E-state index in [1.807, 2.05) is 218 Å². The van der Waals surface area contributed by atoms with Crippen LogP contribution in [0.3, 0.4) is 0 Å². The Morgan fingerprint density at radius 2 is 0.376 bits per heavy atom. The SMILES string of the molecule is O=P(c1ccccc1)(c1ccccc1)c1ccc(-c2ccc(-c3ccc4c5cc6ccccc6cc5c5nc6ccccc6n5c4c3)cc2)cc1.O=P(c1ccccc1)(c1ccccc1)c1ccc2cc(-c3ccc4c5cc6ccccc6cc5c5nc6ccccc6n5c4c3)ccc2c1.O=P(c1ccccc1)(c1ccccc1)c1ccc2cc(-c3ccc4c5nc6ccccc6cc5c5nc6ccccc6n5c4c3)ccc2c1. The molecule has 0 unspecified atom stereocenters. The smallest absolute Gasteiger partial charge is 0.171 e. The van der Waals surface area contributed by atoms with Crippen LogP contribution in [0.4, 0.5) is 0 Å². The third kappa shape index (κ3) is 14.9. The summed E-state index contributed by atoms with van der Waals surface area (Å²) in [5.74, 6) is 0. The standard InChI is InChI=1S/C47H31N2OP.C45H29N2OP.C44H28N3OP/c50-51(38-13-3-1-4-14-38,39-15-5-2-6-16-39)40-26-23-33(24-27-40)32-19-21-34(22-20-32)37-25-28-41-42-29-35-11-7-8-12-36(35)30-43(42)47-48-44-17-9-10-18-45(44)49(47)46(41)31-37;48-49(36-13-3-1-4-14-36,37-15-5-2-6-16-37)38-23-21-33-25-32(19-20-34(33)26-38)35-22-24-39-40-27-30-11-7-8-12-31(30)28-41(40)45-46-42-17-9-10-18-43(42)47(45)44(39)29-35;48-49(34-12-3-1-4-13-34,35-14-5-2-6-15-35)36-23-21-30-25-29(19-20-31(30)26-36)32-22-24-37-42(28-32)47-41-18-10-9-17-40(41)46-44(47)38-27-33-11-7-8-16-39(33)45-43(37)38/h1-31H;1-29H;1-28H. The van der Waals surface area contributed by atoms with Crippen LogP contribution in [0.1, 0.15) is 0 Å². The third-order valence-electron chi connectivity index (χ3n) is 30.0. The van der Waals surface area contributed by atoms with Crippen molar-refractivity contribution in [1.82, 2.24) is 33.1 Å². The lowest BCUT2D eigenvalue weighted by Gasteiger charge is -2.20. The van der Waals surface area contributed by atoms with Crippen molar-refractivity contribution >= 4 is 238 Å². The number of nitrogens with zero attached hydrogens (tertiary/aromatic N) is 7. The van der Waals surface area contributed by atoms with Crippen LogP contribution in [0, 0.1) is 0 Å². The summed E-state index contributed by atoms with van der Waals surface area (Å²) in [5, 5.41) is 27.1. The molecule has 0 fully saturated rings. The molecule has 700 valence electrons. The Morgan fingerprint density at radius 1 is 0.141 bits per heavy atom. The molecule has 0 spiro atoms. The van der Waals surface area contributed by atoms with Crippen LogP contribution < -0.4 is 47.7 Å². The topological polar surface area (TPSA) is 116 Å². The van der Waals surface area contributed by atoms with Crippen molar-refractivity contribution in [1.29, 1.82) is 0 Å². The fourth-order valence-electron chi connectivity index (χ4n) is 22.6. The van der Waals surface area contributed by atoms with E-state index in [1.165, 1.54) is 43.1 Å². The van der Waals surface area contributed by atoms with Gasteiger partial charge in [-0.05, 0) is 214 Å². The van der Waals surface area contributed by atoms with Gasteiger partial charge in [0, 0.05) is 85.4 Å². The molecule has 0 aliphatic rings. The van der Waals surface area contributed by atoms with E-state index < -0.39 is 21.4 Å². The van der Waals surface area contributed by atoms with Crippen molar-refractivity contribution in [2.24, 2.45) is 0 Å². The maximum absolute atomic E-state index is 15.0. The van der Waals surface area contributed by atoms with Crippen molar-refractivity contribution in [3.63, 3.8) is 0 Å². The second-order valence-electron chi connectivity index (χ2n) is 38.5. The highest BCUT2D eigenvalue weighted by Crippen LogP contribution is 2.49. The van der Waals surface area contributed by atoms with Crippen LogP contribution >= 0.6 is 21.4 Å². The Hall–Kier alpha value is -18.4. The molecule has 0 amide bonds. The number of hydrogen-bond acceptors (Lipinski definition) is 7. The number of pyridine rings is 4. The number of rotatable bonds is 13. The van der Waals surface area contributed by atoms with Crippen LogP contribution in [0.2, 0.25) is 0 Å². The molecule has 0 saturated heterocycles. The van der Waals surface area contributed by atoms with Gasteiger partial charge in [0.25, 0.3) is 0 Å². The monoisotopic (exact) mass is 1960 g/mol. The lowest BCUT2D eigenvalue weighted by molar-refractivity contribution is 0.591. The molecule has 0 saturated carbocycles. The zero-order valence-electron chi connectivity index (χ0n) is 80.5. The second-order valence-corrected chi connectivity index (χ2v) is 46.8. The zero-order valence-corrected chi connectivity index (χ0v) is 83.2. The highest BCUT2D eigenvalue weighted by atomic mass is 31.2. The van der Waals surface area contributed by atoms with Gasteiger partial charge < -0.3 is 13.7 Å². The molecule has 13 heteroatoms. The van der Waals surface area contributed by atoms with Gasteiger partial charge in [-0.3, -0.25) is 13.2 Å². The molecule has 23 aromatic carbocycles. The molecule has 7 aromatic heterocycles. The Kier molecular flexibility index (Phi) is 21.2. The van der Waals surface area contributed by atoms with Crippen LogP contribution in [0.5, 0.6) is 0 Å². The predicted octanol–water partition coefficient (Wildman–Crippen LogP) is 31.1. The summed E-state index contributed by atoms with van der Waals surface area (Å²) in [5.41, 5.74) is 23.3. The molecular weight excluding hydrogens is 1870 g/mol. The number of aromatic nitrogens is 7. The largest absolute Gasteiger partial charge is 0.309 e. The van der Waals surface area contributed by atoms with Gasteiger partial charge in [-0.2, -0.15) is 0 Å². The number of para-hydroxylation sites is 7. The zero-order chi connectivity index (χ0) is 99.0. The average molecular weight is 1960 g/mol. The summed E-state index contributed by atoms with van der Waals surface area (Å²) in [6.07, 6.45) is 0. The van der Waals surface area contributed by atoms with E-state index in [4.69, 9.17) is 19.9 Å². The quantitative estimate of drug-likeness (QED) is 0.0641. The third-order valence-corrected chi connectivity index (χ3v) is 39.2. The highest BCUT2D eigenvalue weighted by molar-refractivity contribution is 7.86. The maximum atomic E-state index is 15.0. The van der Waals surface area contributed by atoms with Crippen LogP contribution in [-0.4, -0.2) is 33.1 Å². The molecule has 149 heavy (non-hydrogen) atoms. The average Bonchev–Trinajstić information content (AvgIpc) is 1.61. The Bertz CT molecular complexity index is 10300. The summed E-state index contributed by atoms with van der Waals surface area (Å²) < 4.78 is 51.8. The molecule has 0 radical (unpaired) electrons. The lowest BCUT2D eigenvalue weighted by Crippen LogP contribution is -2.24. The summed E-state index contributed by atoms with van der Waals surface area (Å²) in [4.78, 5) is 20.6. The molecule has 10 nitrogen and oxygen atoms in total. The first kappa shape index (κ1) is 88.3. The van der Waals surface area contributed by atoms with Gasteiger partial charge in [-0.15, -0.1) is 0 Å². The summed E-state index contributed by atoms with van der Waals surface area (Å²) >= 11 is 0. The van der Waals surface area contributed by atoms with Gasteiger partial charge in [0.05, 0.1) is 60.7 Å². The van der Waals surface area contributed by atoms with Gasteiger partial charge in [0.15, 0.2) is 21.4 Å². The molecule has 30 aromatic rings. The van der Waals surface area contributed by atoms with Crippen molar-refractivity contribution in [2.45, 2.75) is 0 Å². The highest BCUT2D eigenvalue weighted by Gasteiger charge is 2.34. The van der Waals surface area contributed by atoms with Gasteiger partial charge in [-0.1, -0.05) is 419 Å². The number of benzene rings is 23. The molecule has 7 heterocycles. The molecular formula is C136H88N7O3P3. The summed E-state index contributed by atoms with van der Waals surface area (Å²) in [7, 11) is -9.15. The van der Waals surface area contributed by atoms with Crippen molar-refractivity contribution in [3.05, 3.63) is 534 Å². The Labute approximate surface area is 857 Å². The molecule has 0 bridgehead atoms. The van der Waals surface area contributed by atoms with E-state index in [0.717, 1.165) is 218 Å². The van der Waals surface area contributed by atoms with Gasteiger partial charge in [-0.25, -0.2) is 19.9 Å². The number of fused-ring (bicyclic) bond motifs is 29. The van der Waals surface area contributed by atoms with Crippen LogP contribution in [0.15, 0.2) is 534 Å². The van der Waals surface area contributed by atoms with E-state index in [2.05, 4.69) is 329 Å². The van der Waals surface area contributed by atoms with Gasteiger partial charge in [0.2, 0.25) is 0 Å².